The second kappa shape index (κ2) is 9.77. The summed E-state index contributed by atoms with van der Waals surface area (Å²) in [6.07, 6.45) is 4.03. The van der Waals surface area contributed by atoms with Crippen molar-refractivity contribution in [1.29, 1.82) is 0 Å². The predicted octanol–water partition coefficient (Wildman–Crippen LogP) is 4.72. The molecule has 4 nitrogen and oxygen atoms in total. The standard InChI is InChI=1S/C29H28N4/c1-32-15-17-33(18-16-32)28-13-11-27(12-14-28)31-22-26-21-30-20-25-10-9-24(19-29(25)26)8-7-23-5-3-2-4-6-23/h2-6,9-14,19-20,22,31H,15-18,21H2,1H3/b26-22+. The van der Waals surface area contributed by atoms with Crippen LogP contribution < -0.4 is 10.2 Å². The van der Waals surface area contributed by atoms with Crippen molar-refractivity contribution in [3.05, 3.63) is 101 Å². The summed E-state index contributed by atoms with van der Waals surface area (Å²) in [5.41, 5.74) is 7.88. The van der Waals surface area contributed by atoms with E-state index in [0.29, 0.717) is 6.54 Å². The number of rotatable bonds is 3. The van der Waals surface area contributed by atoms with Crippen LogP contribution in [0.15, 0.2) is 84.0 Å². The van der Waals surface area contributed by atoms with Crippen LogP contribution in [-0.2, 0) is 0 Å². The lowest BCUT2D eigenvalue weighted by molar-refractivity contribution is 0.313. The van der Waals surface area contributed by atoms with Crippen LogP contribution in [0, 0.1) is 11.8 Å². The van der Waals surface area contributed by atoms with Crippen molar-refractivity contribution in [3.8, 4) is 11.8 Å². The minimum absolute atomic E-state index is 0.662. The summed E-state index contributed by atoms with van der Waals surface area (Å²) in [6, 6.07) is 25.1. The normalized spacial score (nSPS) is 16.8. The van der Waals surface area contributed by atoms with E-state index >= 15 is 0 Å². The molecule has 0 radical (unpaired) electrons. The Morgan fingerprint density at radius 3 is 2.39 bits per heavy atom. The average Bonchev–Trinajstić information content (AvgIpc) is 2.87. The minimum atomic E-state index is 0.662. The van der Waals surface area contributed by atoms with Gasteiger partial charge in [-0.1, -0.05) is 36.1 Å². The van der Waals surface area contributed by atoms with Crippen LogP contribution >= 0.6 is 0 Å². The molecule has 0 unspecified atom stereocenters. The van der Waals surface area contributed by atoms with E-state index in [1.54, 1.807) is 0 Å². The summed E-state index contributed by atoms with van der Waals surface area (Å²) < 4.78 is 0. The molecule has 0 spiro atoms. The molecule has 0 aromatic heterocycles. The van der Waals surface area contributed by atoms with Gasteiger partial charge >= 0.3 is 0 Å². The Bertz CT molecular complexity index is 1220. The molecule has 0 saturated carbocycles. The van der Waals surface area contributed by atoms with Crippen molar-refractivity contribution in [3.63, 3.8) is 0 Å². The van der Waals surface area contributed by atoms with Crippen molar-refractivity contribution >= 4 is 23.2 Å². The van der Waals surface area contributed by atoms with Gasteiger partial charge in [0.25, 0.3) is 0 Å². The molecule has 164 valence electrons. The largest absolute Gasteiger partial charge is 0.369 e. The van der Waals surface area contributed by atoms with Crippen molar-refractivity contribution in [1.82, 2.24) is 4.90 Å². The lowest BCUT2D eigenvalue weighted by atomic mass is 9.96. The maximum Gasteiger partial charge on any atom is 0.0660 e. The number of fused-ring (bicyclic) bond motifs is 1. The lowest BCUT2D eigenvalue weighted by Gasteiger charge is -2.34. The topological polar surface area (TPSA) is 30.9 Å². The highest BCUT2D eigenvalue weighted by Gasteiger charge is 2.14. The maximum absolute atomic E-state index is 4.54. The Morgan fingerprint density at radius 1 is 0.848 bits per heavy atom. The van der Waals surface area contributed by atoms with E-state index in [0.717, 1.165) is 48.6 Å². The first kappa shape index (κ1) is 21.1. The first-order valence-corrected chi connectivity index (χ1v) is 11.4. The first-order chi connectivity index (χ1) is 16.2. The van der Waals surface area contributed by atoms with Gasteiger partial charge in [-0.15, -0.1) is 0 Å². The quantitative estimate of drug-likeness (QED) is 0.608. The summed E-state index contributed by atoms with van der Waals surface area (Å²) in [5, 5.41) is 3.47. The number of hydrogen-bond acceptors (Lipinski definition) is 4. The van der Waals surface area contributed by atoms with Gasteiger partial charge in [0, 0.05) is 61.1 Å². The molecule has 0 bridgehead atoms. The molecule has 2 aliphatic rings. The second-order valence-corrected chi connectivity index (χ2v) is 8.54. The van der Waals surface area contributed by atoms with Crippen LogP contribution in [-0.4, -0.2) is 50.9 Å². The zero-order chi connectivity index (χ0) is 22.5. The maximum atomic E-state index is 4.54. The molecule has 1 saturated heterocycles. The molecule has 2 heterocycles. The summed E-state index contributed by atoms with van der Waals surface area (Å²) in [7, 11) is 2.18. The number of hydrogen-bond donors (Lipinski definition) is 1. The molecular formula is C29H28N4. The fourth-order valence-electron chi connectivity index (χ4n) is 4.15. The SMILES string of the molecule is CN1CCN(c2ccc(N/C=C3\CN=Cc4ccc(C#Cc5ccccc5)cc43)cc2)CC1. The van der Waals surface area contributed by atoms with Gasteiger partial charge in [0.1, 0.15) is 0 Å². The number of likely N-dealkylation sites (N-methyl/N-ethyl adjacent to an activating group) is 1. The zero-order valence-electron chi connectivity index (χ0n) is 19.0. The third-order valence-corrected chi connectivity index (χ3v) is 6.17. The van der Waals surface area contributed by atoms with E-state index < -0.39 is 0 Å². The number of benzene rings is 3. The number of nitrogens with zero attached hydrogens (tertiary/aromatic N) is 3. The fraction of sp³-hybridized carbons (Fsp3) is 0.207. The van der Waals surface area contributed by atoms with Crippen LogP contribution in [0.1, 0.15) is 22.3 Å². The minimum Gasteiger partial charge on any atom is -0.369 e. The molecule has 0 aliphatic carbocycles. The number of aliphatic imine (C=N–C) groups is 1. The Kier molecular flexibility index (Phi) is 6.23. The van der Waals surface area contributed by atoms with E-state index in [9.17, 15) is 0 Å². The van der Waals surface area contributed by atoms with Gasteiger partial charge in [-0.05, 0) is 72.3 Å². The van der Waals surface area contributed by atoms with Gasteiger partial charge < -0.3 is 15.1 Å². The highest BCUT2D eigenvalue weighted by molar-refractivity contribution is 5.93. The first-order valence-electron chi connectivity index (χ1n) is 11.4. The molecule has 4 heteroatoms. The van der Waals surface area contributed by atoms with Crippen LogP contribution in [0.4, 0.5) is 11.4 Å². The highest BCUT2D eigenvalue weighted by atomic mass is 15.2. The Balaban J connectivity index is 1.31. The van der Waals surface area contributed by atoms with Crippen molar-refractivity contribution < 1.29 is 0 Å². The fourth-order valence-corrected chi connectivity index (χ4v) is 4.15. The van der Waals surface area contributed by atoms with Gasteiger partial charge in [-0.3, -0.25) is 4.99 Å². The molecule has 3 aromatic carbocycles. The van der Waals surface area contributed by atoms with Crippen LogP contribution in [0.2, 0.25) is 0 Å². The molecule has 1 fully saturated rings. The van der Waals surface area contributed by atoms with Crippen molar-refractivity contribution in [2.75, 3.05) is 50.0 Å². The number of piperazine rings is 1. The molecule has 3 aromatic rings. The second-order valence-electron chi connectivity index (χ2n) is 8.54. The van der Waals surface area contributed by atoms with Crippen molar-refractivity contribution in [2.45, 2.75) is 0 Å². The Hall–Kier alpha value is -3.81. The third kappa shape index (κ3) is 5.16. The van der Waals surface area contributed by atoms with Gasteiger partial charge in [0.15, 0.2) is 0 Å². The van der Waals surface area contributed by atoms with Gasteiger partial charge in [-0.2, -0.15) is 0 Å². The number of nitrogens with one attached hydrogen (secondary N) is 1. The van der Waals surface area contributed by atoms with Gasteiger partial charge in [-0.25, -0.2) is 0 Å². The highest BCUT2D eigenvalue weighted by Crippen LogP contribution is 2.25. The Labute approximate surface area is 196 Å². The van der Waals surface area contributed by atoms with E-state index in [-0.39, 0.29) is 0 Å². The molecule has 0 amide bonds. The van der Waals surface area contributed by atoms with E-state index in [4.69, 9.17) is 0 Å². The van der Waals surface area contributed by atoms with Crippen LogP contribution in [0.3, 0.4) is 0 Å². The molecule has 0 atom stereocenters. The lowest BCUT2D eigenvalue weighted by Crippen LogP contribution is -2.44. The molecule has 5 rings (SSSR count). The van der Waals surface area contributed by atoms with Gasteiger partial charge in [0.05, 0.1) is 6.54 Å². The number of anilines is 2. The zero-order valence-corrected chi connectivity index (χ0v) is 19.0. The molecule has 33 heavy (non-hydrogen) atoms. The molecule has 1 N–H and O–H groups in total. The van der Waals surface area contributed by atoms with Crippen LogP contribution in [0.25, 0.3) is 5.57 Å². The molecule has 2 aliphatic heterocycles. The summed E-state index contributed by atoms with van der Waals surface area (Å²) in [6.45, 7) is 5.05. The van der Waals surface area contributed by atoms with E-state index in [1.165, 1.54) is 16.8 Å². The Morgan fingerprint density at radius 2 is 1.61 bits per heavy atom. The summed E-state index contributed by atoms with van der Waals surface area (Å²) in [4.78, 5) is 9.36. The summed E-state index contributed by atoms with van der Waals surface area (Å²) >= 11 is 0. The smallest absolute Gasteiger partial charge is 0.0660 e. The van der Waals surface area contributed by atoms with Gasteiger partial charge in [0.2, 0.25) is 0 Å². The van der Waals surface area contributed by atoms with Crippen molar-refractivity contribution in [2.24, 2.45) is 4.99 Å². The predicted molar refractivity (Wildman–Crippen MR) is 139 cm³/mol. The van der Waals surface area contributed by atoms with E-state index in [2.05, 4.69) is 87.7 Å². The monoisotopic (exact) mass is 432 g/mol. The summed E-state index contributed by atoms with van der Waals surface area (Å²) in [5.74, 6) is 6.55. The van der Waals surface area contributed by atoms with Crippen LogP contribution in [0.5, 0.6) is 0 Å². The third-order valence-electron chi connectivity index (χ3n) is 6.17. The molecular weight excluding hydrogens is 404 g/mol. The average molecular weight is 433 g/mol. The van der Waals surface area contributed by atoms with E-state index in [1.807, 2.05) is 36.5 Å².